The lowest BCUT2D eigenvalue weighted by atomic mass is 9.82. The molecule has 2 nitrogen and oxygen atoms in total. The smallest absolute Gasteiger partial charge is 0.163 e. The number of rotatable bonds is 3. The van der Waals surface area contributed by atoms with Crippen LogP contribution in [0, 0.1) is 0 Å². The van der Waals surface area contributed by atoms with Gasteiger partial charge in [0.25, 0.3) is 0 Å². The fourth-order valence-corrected chi connectivity index (χ4v) is 2.76. The van der Waals surface area contributed by atoms with E-state index in [9.17, 15) is 9.59 Å². The van der Waals surface area contributed by atoms with Crippen LogP contribution < -0.4 is 0 Å². The average molecular weight is 270 g/mol. The third-order valence-corrected chi connectivity index (χ3v) is 3.76. The van der Waals surface area contributed by atoms with Gasteiger partial charge in [0.05, 0.1) is 0 Å². The van der Waals surface area contributed by atoms with Crippen LogP contribution in [0.1, 0.15) is 52.4 Å². The Balaban J connectivity index is 2.41. The minimum absolute atomic E-state index is 0.107. The Kier molecular flexibility index (Phi) is 4.89. The van der Waals surface area contributed by atoms with Crippen molar-refractivity contribution in [3.63, 3.8) is 0 Å². The molecule has 0 spiro atoms. The monoisotopic (exact) mass is 270 g/mol. The molecule has 0 amide bonds. The number of ketones is 2. The molecule has 20 heavy (non-hydrogen) atoms. The SMILES string of the molecule is CCC=C1C=C(C2=CC(=CCC)CCC2=O)C(=O)CC1. The minimum atomic E-state index is 0.107. The van der Waals surface area contributed by atoms with Crippen molar-refractivity contribution < 1.29 is 9.59 Å². The maximum atomic E-state index is 12.1. The summed E-state index contributed by atoms with van der Waals surface area (Å²) < 4.78 is 0. The summed E-state index contributed by atoms with van der Waals surface area (Å²) in [6, 6.07) is 0. The molecule has 0 radical (unpaired) electrons. The van der Waals surface area contributed by atoms with Gasteiger partial charge in [0.15, 0.2) is 11.6 Å². The average Bonchev–Trinajstić information content (AvgIpc) is 2.44. The van der Waals surface area contributed by atoms with E-state index in [0.29, 0.717) is 24.0 Å². The first kappa shape index (κ1) is 14.7. The van der Waals surface area contributed by atoms with Crippen molar-refractivity contribution in [2.75, 3.05) is 0 Å². The van der Waals surface area contributed by atoms with Gasteiger partial charge >= 0.3 is 0 Å². The molecule has 0 aliphatic heterocycles. The fourth-order valence-electron chi connectivity index (χ4n) is 2.76. The topological polar surface area (TPSA) is 34.1 Å². The highest BCUT2D eigenvalue weighted by Crippen LogP contribution is 2.30. The zero-order valence-electron chi connectivity index (χ0n) is 12.4. The summed E-state index contributed by atoms with van der Waals surface area (Å²) in [4.78, 5) is 24.3. The zero-order chi connectivity index (χ0) is 14.5. The van der Waals surface area contributed by atoms with Gasteiger partial charge in [-0.25, -0.2) is 0 Å². The van der Waals surface area contributed by atoms with Gasteiger partial charge < -0.3 is 0 Å². The Morgan fingerprint density at radius 1 is 0.800 bits per heavy atom. The van der Waals surface area contributed by atoms with Crippen LogP contribution in [-0.2, 0) is 9.59 Å². The molecule has 106 valence electrons. The van der Waals surface area contributed by atoms with Crippen LogP contribution in [-0.4, -0.2) is 11.6 Å². The van der Waals surface area contributed by atoms with Gasteiger partial charge in [-0.05, 0) is 37.8 Å². The van der Waals surface area contributed by atoms with Gasteiger partial charge in [-0.2, -0.15) is 0 Å². The van der Waals surface area contributed by atoms with E-state index in [1.807, 2.05) is 12.2 Å². The summed E-state index contributed by atoms with van der Waals surface area (Å²) in [5.74, 6) is 0.214. The molecule has 2 aliphatic carbocycles. The van der Waals surface area contributed by atoms with E-state index in [1.54, 1.807) is 0 Å². The zero-order valence-corrected chi connectivity index (χ0v) is 12.4. The lowest BCUT2D eigenvalue weighted by Crippen LogP contribution is -2.18. The molecule has 0 saturated carbocycles. The summed E-state index contributed by atoms with van der Waals surface area (Å²) in [5.41, 5.74) is 3.62. The highest BCUT2D eigenvalue weighted by Gasteiger charge is 2.26. The van der Waals surface area contributed by atoms with Gasteiger partial charge in [-0.15, -0.1) is 0 Å². The van der Waals surface area contributed by atoms with E-state index in [-0.39, 0.29) is 11.6 Å². The molecule has 2 rings (SSSR count). The molecule has 0 saturated heterocycles. The van der Waals surface area contributed by atoms with Crippen LogP contribution in [0.25, 0.3) is 0 Å². The third kappa shape index (κ3) is 3.24. The molecule has 0 aromatic carbocycles. The van der Waals surface area contributed by atoms with E-state index in [2.05, 4.69) is 26.0 Å². The Morgan fingerprint density at radius 3 is 1.55 bits per heavy atom. The number of carbonyl (C=O) groups is 2. The van der Waals surface area contributed by atoms with Gasteiger partial charge in [0, 0.05) is 24.0 Å². The second-order valence-electron chi connectivity index (χ2n) is 5.34. The summed E-state index contributed by atoms with van der Waals surface area (Å²) in [5, 5.41) is 0. The van der Waals surface area contributed by atoms with Gasteiger partial charge in [-0.1, -0.05) is 37.1 Å². The predicted molar refractivity (Wildman–Crippen MR) is 81.4 cm³/mol. The number of hydrogen-bond acceptors (Lipinski definition) is 2. The van der Waals surface area contributed by atoms with E-state index in [1.165, 1.54) is 11.1 Å². The van der Waals surface area contributed by atoms with Crippen LogP contribution in [0.5, 0.6) is 0 Å². The lowest BCUT2D eigenvalue weighted by Gasteiger charge is -2.20. The van der Waals surface area contributed by atoms with Crippen molar-refractivity contribution in [1.82, 2.24) is 0 Å². The van der Waals surface area contributed by atoms with Crippen molar-refractivity contribution in [1.29, 1.82) is 0 Å². The van der Waals surface area contributed by atoms with Crippen molar-refractivity contribution in [3.05, 3.63) is 46.6 Å². The van der Waals surface area contributed by atoms with Crippen molar-refractivity contribution in [2.45, 2.75) is 52.4 Å². The van der Waals surface area contributed by atoms with Crippen LogP contribution in [0.2, 0.25) is 0 Å². The molecular formula is C18H22O2. The molecule has 2 heteroatoms. The first-order valence-corrected chi connectivity index (χ1v) is 7.54. The molecule has 0 aromatic heterocycles. The molecule has 0 fully saturated rings. The van der Waals surface area contributed by atoms with E-state index in [0.717, 1.165) is 25.7 Å². The van der Waals surface area contributed by atoms with E-state index < -0.39 is 0 Å². The summed E-state index contributed by atoms with van der Waals surface area (Å²) in [6.07, 6.45) is 12.7. The van der Waals surface area contributed by atoms with Crippen LogP contribution >= 0.6 is 0 Å². The van der Waals surface area contributed by atoms with Crippen LogP contribution in [0.3, 0.4) is 0 Å². The largest absolute Gasteiger partial charge is 0.294 e. The Bertz CT molecular complexity index is 492. The van der Waals surface area contributed by atoms with E-state index in [4.69, 9.17) is 0 Å². The number of hydrogen-bond donors (Lipinski definition) is 0. The van der Waals surface area contributed by atoms with Gasteiger partial charge in [-0.3, -0.25) is 9.59 Å². The molecule has 0 atom stereocenters. The quantitative estimate of drug-likeness (QED) is 0.768. The number of allylic oxidation sites excluding steroid dienone is 8. The molecule has 2 aliphatic rings. The van der Waals surface area contributed by atoms with Crippen LogP contribution in [0.4, 0.5) is 0 Å². The molecule has 0 N–H and O–H groups in total. The van der Waals surface area contributed by atoms with Gasteiger partial charge in [0.2, 0.25) is 0 Å². The number of Topliss-reactive ketones (excluding diaryl/α,β-unsaturated/α-hetero) is 2. The standard InChI is InChI=1S/C18H22O2/c1-3-5-13-7-9-17(19)15(11-13)16-12-14(6-4-2)8-10-18(16)20/h5-6,11-12H,3-4,7-10H2,1-2H3. The second-order valence-corrected chi connectivity index (χ2v) is 5.34. The van der Waals surface area contributed by atoms with Crippen molar-refractivity contribution >= 4 is 11.6 Å². The fraction of sp³-hybridized carbons (Fsp3) is 0.444. The second kappa shape index (κ2) is 6.65. The summed E-state index contributed by atoms with van der Waals surface area (Å²) in [6.45, 7) is 4.17. The minimum Gasteiger partial charge on any atom is -0.294 e. The summed E-state index contributed by atoms with van der Waals surface area (Å²) >= 11 is 0. The maximum Gasteiger partial charge on any atom is 0.163 e. The highest BCUT2D eigenvalue weighted by molar-refractivity contribution is 6.14. The Morgan fingerprint density at radius 2 is 1.20 bits per heavy atom. The molecule has 0 unspecified atom stereocenters. The number of carbonyl (C=O) groups excluding carboxylic acids is 2. The molecule has 0 heterocycles. The molecular weight excluding hydrogens is 248 g/mol. The molecule has 0 aromatic rings. The van der Waals surface area contributed by atoms with Gasteiger partial charge in [0.1, 0.15) is 0 Å². The Hall–Kier alpha value is -1.70. The first-order chi connectivity index (χ1) is 9.65. The van der Waals surface area contributed by atoms with Crippen molar-refractivity contribution in [3.8, 4) is 0 Å². The van der Waals surface area contributed by atoms with Crippen LogP contribution in [0.15, 0.2) is 46.6 Å². The summed E-state index contributed by atoms with van der Waals surface area (Å²) in [7, 11) is 0. The normalized spacial score (nSPS) is 24.1. The predicted octanol–water partition coefficient (Wildman–Crippen LogP) is 4.24. The highest BCUT2D eigenvalue weighted by atomic mass is 16.1. The maximum absolute atomic E-state index is 12.1. The third-order valence-electron chi connectivity index (χ3n) is 3.76. The first-order valence-electron chi connectivity index (χ1n) is 7.54. The van der Waals surface area contributed by atoms with Crippen molar-refractivity contribution in [2.24, 2.45) is 0 Å². The van der Waals surface area contributed by atoms with E-state index >= 15 is 0 Å². The Labute approximate surface area is 120 Å². The lowest BCUT2D eigenvalue weighted by molar-refractivity contribution is -0.118. The molecule has 0 bridgehead atoms.